The topological polar surface area (TPSA) is 99.9 Å². The van der Waals surface area contributed by atoms with Crippen molar-refractivity contribution >= 4 is 17.8 Å². The largest absolute Gasteiger partial charge is 0.478 e. The van der Waals surface area contributed by atoms with E-state index in [-0.39, 0.29) is 23.0 Å². The summed E-state index contributed by atoms with van der Waals surface area (Å²) in [6.45, 7) is 2.40. The molecule has 1 aliphatic rings. The maximum Gasteiger partial charge on any atom is 0.339 e. The number of hydrogen-bond donors (Lipinski definition) is 2. The summed E-state index contributed by atoms with van der Waals surface area (Å²) in [5.74, 6) is -1.73. The van der Waals surface area contributed by atoms with Gasteiger partial charge < -0.3 is 19.7 Å². The number of hydrogen-bond acceptors (Lipinski definition) is 4. The fraction of sp³-hybridized carbons (Fsp3) is 0.278. The molecule has 25 heavy (non-hydrogen) atoms. The number of aryl methyl sites for hydroxylation is 1. The third-order valence-corrected chi connectivity index (χ3v) is 4.16. The van der Waals surface area contributed by atoms with Gasteiger partial charge in [-0.25, -0.2) is 4.79 Å². The van der Waals surface area contributed by atoms with Crippen LogP contribution in [0.15, 0.2) is 40.8 Å². The van der Waals surface area contributed by atoms with E-state index in [1.165, 1.54) is 11.0 Å². The molecule has 2 amide bonds. The second kappa shape index (κ2) is 6.80. The number of carbonyl (C=O) groups is 3. The van der Waals surface area contributed by atoms with E-state index in [1.807, 2.05) is 6.07 Å². The highest BCUT2D eigenvalue weighted by molar-refractivity contribution is 5.99. The van der Waals surface area contributed by atoms with Crippen LogP contribution in [0.25, 0.3) is 0 Å². The minimum absolute atomic E-state index is 0.0245. The Morgan fingerprint density at radius 2 is 2.04 bits per heavy atom. The van der Waals surface area contributed by atoms with Crippen LogP contribution >= 0.6 is 0 Å². The van der Waals surface area contributed by atoms with Gasteiger partial charge in [-0.2, -0.15) is 0 Å². The van der Waals surface area contributed by atoms with Crippen LogP contribution in [0.4, 0.5) is 0 Å². The Morgan fingerprint density at radius 3 is 2.64 bits per heavy atom. The van der Waals surface area contributed by atoms with E-state index in [0.717, 1.165) is 0 Å². The molecule has 0 radical (unpaired) electrons. The Bertz CT molecular complexity index is 812. The average Bonchev–Trinajstić information content (AvgIpc) is 3.06. The molecule has 130 valence electrons. The van der Waals surface area contributed by atoms with Crippen molar-refractivity contribution in [1.82, 2.24) is 10.2 Å². The summed E-state index contributed by atoms with van der Waals surface area (Å²) in [4.78, 5) is 37.9. The summed E-state index contributed by atoms with van der Waals surface area (Å²) < 4.78 is 5.46. The van der Waals surface area contributed by atoms with Crippen LogP contribution in [0.5, 0.6) is 0 Å². The van der Waals surface area contributed by atoms with Crippen LogP contribution < -0.4 is 5.32 Å². The summed E-state index contributed by atoms with van der Waals surface area (Å²) in [6.07, 6.45) is 0.359. The quantitative estimate of drug-likeness (QED) is 0.883. The molecule has 1 atom stereocenters. The molecule has 7 nitrogen and oxygen atoms in total. The number of aromatic carboxylic acids is 1. The van der Waals surface area contributed by atoms with E-state index in [4.69, 9.17) is 4.42 Å². The van der Waals surface area contributed by atoms with Gasteiger partial charge in [0, 0.05) is 25.6 Å². The third-order valence-electron chi connectivity index (χ3n) is 4.16. The van der Waals surface area contributed by atoms with Crippen LogP contribution in [0, 0.1) is 0 Å². The minimum atomic E-state index is -1.14. The number of carboxylic acid groups (broad SMARTS) is 1. The summed E-state index contributed by atoms with van der Waals surface area (Å²) in [6, 6.07) is 9.43. The van der Waals surface area contributed by atoms with E-state index in [2.05, 4.69) is 5.32 Å². The third kappa shape index (κ3) is 3.13. The number of carbonyl (C=O) groups excluding carboxylic acids is 2. The molecule has 2 aromatic rings. The highest BCUT2D eigenvalue weighted by Gasteiger charge is 2.36. The highest BCUT2D eigenvalue weighted by atomic mass is 16.4. The van der Waals surface area contributed by atoms with Gasteiger partial charge >= 0.3 is 5.97 Å². The predicted molar refractivity (Wildman–Crippen MR) is 88.3 cm³/mol. The number of nitrogens with one attached hydrogen (secondary N) is 1. The van der Waals surface area contributed by atoms with Gasteiger partial charge in [-0.3, -0.25) is 9.59 Å². The lowest BCUT2D eigenvalue weighted by Gasteiger charge is -2.34. The zero-order valence-electron chi connectivity index (χ0n) is 13.7. The van der Waals surface area contributed by atoms with Crippen LogP contribution in [0.1, 0.15) is 45.2 Å². The zero-order valence-corrected chi connectivity index (χ0v) is 13.7. The SMILES string of the molecule is CCc1oc(C(=O)N2CCNC(=O)C2c2ccccc2)cc1C(=O)O. The lowest BCUT2D eigenvalue weighted by atomic mass is 10.0. The summed E-state index contributed by atoms with van der Waals surface area (Å²) in [5.41, 5.74) is 0.664. The van der Waals surface area contributed by atoms with Crippen molar-refractivity contribution in [3.05, 3.63) is 59.0 Å². The molecule has 3 rings (SSSR count). The molecular weight excluding hydrogens is 324 g/mol. The smallest absolute Gasteiger partial charge is 0.339 e. The molecule has 0 spiro atoms. The molecule has 0 bridgehead atoms. The molecule has 0 aliphatic carbocycles. The number of rotatable bonds is 4. The lowest BCUT2D eigenvalue weighted by Crippen LogP contribution is -2.52. The van der Waals surface area contributed by atoms with Crippen molar-refractivity contribution in [2.45, 2.75) is 19.4 Å². The highest BCUT2D eigenvalue weighted by Crippen LogP contribution is 2.26. The van der Waals surface area contributed by atoms with E-state index in [9.17, 15) is 19.5 Å². The number of furan rings is 1. The molecule has 1 saturated heterocycles. The first-order valence-corrected chi connectivity index (χ1v) is 8.02. The van der Waals surface area contributed by atoms with Gasteiger partial charge in [0.25, 0.3) is 5.91 Å². The Balaban J connectivity index is 1.97. The first kappa shape index (κ1) is 16.8. The van der Waals surface area contributed by atoms with Gasteiger partial charge in [-0.15, -0.1) is 0 Å². The molecule has 1 fully saturated rings. The Labute approximate surface area is 144 Å². The minimum Gasteiger partial charge on any atom is -0.478 e. The van der Waals surface area contributed by atoms with E-state index in [1.54, 1.807) is 31.2 Å². The van der Waals surface area contributed by atoms with E-state index >= 15 is 0 Å². The Hall–Kier alpha value is -3.09. The number of nitrogens with zero attached hydrogens (tertiary/aromatic N) is 1. The van der Waals surface area contributed by atoms with Gasteiger partial charge in [0.05, 0.1) is 0 Å². The molecule has 7 heteroatoms. The summed E-state index contributed by atoms with van der Waals surface area (Å²) >= 11 is 0. The number of carboxylic acids is 1. The van der Waals surface area contributed by atoms with Gasteiger partial charge in [0.1, 0.15) is 17.4 Å². The summed E-state index contributed by atoms with van der Waals surface area (Å²) in [5, 5.41) is 12.0. The van der Waals surface area contributed by atoms with Gasteiger partial charge in [-0.05, 0) is 5.56 Å². The van der Waals surface area contributed by atoms with Crippen molar-refractivity contribution in [1.29, 1.82) is 0 Å². The van der Waals surface area contributed by atoms with Crippen LogP contribution in [-0.4, -0.2) is 40.9 Å². The molecule has 1 aromatic carbocycles. The van der Waals surface area contributed by atoms with Crippen molar-refractivity contribution in [2.24, 2.45) is 0 Å². The lowest BCUT2D eigenvalue weighted by molar-refractivity contribution is -0.128. The van der Waals surface area contributed by atoms with E-state index < -0.39 is 17.9 Å². The van der Waals surface area contributed by atoms with Crippen molar-refractivity contribution in [3.8, 4) is 0 Å². The molecule has 0 saturated carbocycles. The first-order chi connectivity index (χ1) is 12.0. The Kier molecular flexibility index (Phi) is 4.56. The summed E-state index contributed by atoms with van der Waals surface area (Å²) in [7, 11) is 0. The Morgan fingerprint density at radius 1 is 1.32 bits per heavy atom. The van der Waals surface area contributed by atoms with Gasteiger partial charge in [0.15, 0.2) is 5.76 Å². The maximum absolute atomic E-state index is 12.9. The second-order valence-electron chi connectivity index (χ2n) is 5.71. The maximum atomic E-state index is 12.9. The van der Waals surface area contributed by atoms with Crippen LogP contribution in [0.2, 0.25) is 0 Å². The van der Waals surface area contributed by atoms with E-state index in [0.29, 0.717) is 25.1 Å². The van der Waals surface area contributed by atoms with Gasteiger partial charge in [-0.1, -0.05) is 37.3 Å². The van der Waals surface area contributed by atoms with Crippen LogP contribution in [-0.2, 0) is 11.2 Å². The molecule has 1 aromatic heterocycles. The second-order valence-corrected chi connectivity index (χ2v) is 5.71. The normalized spacial score (nSPS) is 17.2. The fourth-order valence-corrected chi connectivity index (χ4v) is 2.97. The van der Waals surface area contributed by atoms with Crippen molar-refractivity contribution in [3.63, 3.8) is 0 Å². The molecule has 2 heterocycles. The zero-order chi connectivity index (χ0) is 18.0. The monoisotopic (exact) mass is 342 g/mol. The van der Waals surface area contributed by atoms with Crippen LogP contribution in [0.3, 0.4) is 0 Å². The van der Waals surface area contributed by atoms with Gasteiger partial charge in [0.2, 0.25) is 5.91 Å². The molecule has 2 N–H and O–H groups in total. The number of benzene rings is 1. The molecule has 1 aliphatic heterocycles. The number of amides is 2. The standard InChI is InChI=1S/C18H18N2O5/c1-2-13-12(18(23)24)10-14(25-13)17(22)20-9-8-19-16(21)15(20)11-6-4-3-5-7-11/h3-7,10,15H,2,8-9H2,1H3,(H,19,21)(H,23,24). The predicted octanol–water partition coefficient (Wildman–Crippen LogP) is 1.85. The molecular formula is C18H18N2O5. The average molecular weight is 342 g/mol. The first-order valence-electron chi connectivity index (χ1n) is 8.02. The molecule has 1 unspecified atom stereocenters. The number of piperazine rings is 1. The fourth-order valence-electron chi connectivity index (χ4n) is 2.97. The van der Waals surface area contributed by atoms with Crippen molar-refractivity contribution < 1.29 is 23.9 Å². The van der Waals surface area contributed by atoms with Crippen molar-refractivity contribution in [2.75, 3.05) is 13.1 Å².